The van der Waals surface area contributed by atoms with E-state index in [1.54, 1.807) is 13.5 Å². The summed E-state index contributed by atoms with van der Waals surface area (Å²) in [6.45, 7) is 3.34. The molecule has 41 valence electrons. The summed E-state index contributed by atoms with van der Waals surface area (Å²) in [4.78, 5) is 10.1. The van der Waals surface area contributed by atoms with Crippen LogP contribution in [-0.2, 0) is 4.79 Å². The maximum absolute atomic E-state index is 10.1. The third-order valence-electron chi connectivity index (χ3n) is 0.491. The molecule has 0 aliphatic rings. The van der Waals surface area contributed by atoms with Gasteiger partial charge in [0.15, 0.2) is 0 Å². The van der Waals surface area contributed by atoms with Crippen LogP contribution in [-0.4, -0.2) is 12.5 Å². The molecule has 0 saturated carbocycles. The summed E-state index contributed by atoms with van der Waals surface area (Å²) in [5, 5.41) is 2.41. The van der Waals surface area contributed by atoms with E-state index < -0.39 is 0 Å². The highest BCUT2D eigenvalue weighted by Crippen LogP contribution is 1.61. The van der Waals surface area contributed by atoms with Gasteiger partial charge in [-0.05, 0) is 6.92 Å². The van der Waals surface area contributed by atoms with Crippen molar-refractivity contribution in [1.82, 2.24) is 5.32 Å². The molecule has 0 spiro atoms. The molecule has 0 heterocycles. The van der Waals surface area contributed by atoms with Crippen LogP contribution in [0, 0.1) is 6.54 Å². The first-order chi connectivity index (χ1) is 3.31. The summed E-state index contributed by atoms with van der Waals surface area (Å²) in [5.74, 6) is -0.150. The fraction of sp³-hybridized carbons (Fsp3) is 0.500. The average Bonchev–Trinajstić information content (AvgIpc) is 1.68. The molecule has 0 saturated heterocycles. The molecule has 3 nitrogen and oxygen atoms in total. The molecule has 1 amide bonds. The molecule has 0 rings (SSSR count). The van der Waals surface area contributed by atoms with Gasteiger partial charge in [-0.1, -0.05) is 0 Å². The summed E-state index contributed by atoms with van der Waals surface area (Å²) in [7, 11) is 0. The topological polar surface area (TPSA) is 55.1 Å². The number of hydrogen-bond acceptors (Lipinski definition) is 2. The fourth-order valence-corrected chi connectivity index (χ4v) is 0.220. The molecule has 0 aliphatic heterocycles. The highest BCUT2D eigenvalue weighted by atomic mass is 16.1. The van der Waals surface area contributed by atoms with Gasteiger partial charge in [-0.2, -0.15) is 0 Å². The van der Waals surface area contributed by atoms with Gasteiger partial charge in [0.1, 0.15) is 0 Å². The van der Waals surface area contributed by atoms with E-state index in [2.05, 4.69) is 5.32 Å². The van der Waals surface area contributed by atoms with Crippen molar-refractivity contribution in [3.8, 4) is 0 Å². The third-order valence-corrected chi connectivity index (χ3v) is 0.491. The van der Waals surface area contributed by atoms with E-state index >= 15 is 0 Å². The Bertz CT molecular complexity index is 62.7. The van der Waals surface area contributed by atoms with Gasteiger partial charge in [-0.3, -0.25) is 4.79 Å². The van der Waals surface area contributed by atoms with Gasteiger partial charge in [0.25, 0.3) is 0 Å². The number of rotatable bonds is 2. The molecule has 0 unspecified atom stereocenters. The first-order valence-electron chi connectivity index (χ1n) is 2.08. The van der Waals surface area contributed by atoms with Crippen molar-refractivity contribution in [1.29, 1.82) is 0 Å². The van der Waals surface area contributed by atoms with Gasteiger partial charge in [0.05, 0.1) is 6.54 Å². The van der Waals surface area contributed by atoms with Crippen LogP contribution in [0.5, 0.6) is 0 Å². The second-order valence-electron chi connectivity index (χ2n) is 1.06. The normalized spacial score (nSPS) is 8.29. The molecule has 0 aromatic heterocycles. The molecule has 3 N–H and O–H groups in total. The van der Waals surface area contributed by atoms with Crippen molar-refractivity contribution in [3.05, 3.63) is 6.54 Å². The van der Waals surface area contributed by atoms with Gasteiger partial charge in [-0.25, -0.2) is 0 Å². The van der Waals surface area contributed by atoms with E-state index in [1.807, 2.05) is 0 Å². The Morgan fingerprint density at radius 3 is 2.71 bits per heavy atom. The molecule has 7 heavy (non-hydrogen) atoms. The van der Waals surface area contributed by atoms with E-state index in [1.165, 1.54) is 0 Å². The van der Waals surface area contributed by atoms with Crippen molar-refractivity contribution < 1.29 is 4.79 Å². The largest absolute Gasteiger partial charge is 0.350 e. The Morgan fingerprint density at radius 1 is 2.00 bits per heavy atom. The lowest BCUT2D eigenvalue weighted by Gasteiger charge is -1.93. The average molecular weight is 101 g/mol. The lowest BCUT2D eigenvalue weighted by atomic mass is 10.6. The molecule has 0 fully saturated rings. The Hall–Kier alpha value is -0.570. The second-order valence-corrected chi connectivity index (χ2v) is 1.06. The maximum Gasteiger partial charge on any atom is 0.234 e. The van der Waals surface area contributed by atoms with Crippen molar-refractivity contribution in [3.63, 3.8) is 0 Å². The lowest BCUT2D eigenvalue weighted by Crippen LogP contribution is -2.27. The summed E-state index contributed by atoms with van der Waals surface area (Å²) in [5.41, 5.74) is 4.93. The van der Waals surface area contributed by atoms with Gasteiger partial charge in [-0.15, -0.1) is 0 Å². The molecular formula is C4H9N2O. The van der Waals surface area contributed by atoms with E-state index in [9.17, 15) is 4.79 Å². The van der Waals surface area contributed by atoms with Crippen LogP contribution in [0.1, 0.15) is 6.92 Å². The van der Waals surface area contributed by atoms with Crippen molar-refractivity contribution in [2.24, 2.45) is 5.73 Å². The van der Waals surface area contributed by atoms with Crippen LogP contribution < -0.4 is 11.1 Å². The SMILES string of the molecule is C[CH]NC(=O)CN. The minimum Gasteiger partial charge on any atom is -0.350 e. The monoisotopic (exact) mass is 101 g/mol. The minimum absolute atomic E-state index is 0.0599. The highest BCUT2D eigenvalue weighted by molar-refractivity contribution is 5.78. The highest BCUT2D eigenvalue weighted by Gasteiger charge is 1.88. The zero-order valence-corrected chi connectivity index (χ0v) is 4.27. The zero-order valence-electron chi connectivity index (χ0n) is 4.27. The summed E-state index contributed by atoms with van der Waals surface area (Å²) in [6.07, 6.45) is 0. The smallest absolute Gasteiger partial charge is 0.234 e. The first kappa shape index (κ1) is 6.43. The zero-order chi connectivity index (χ0) is 5.70. The van der Waals surface area contributed by atoms with Gasteiger partial charge in [0.2, 0.25) is 5.91 Å². The number of carbonyl (C=O) groups excluding carboxylic acids is 1. The molecule has 0 atom stereocenters. The summed E-state index contributed by atoms with van der Waals surface area (Å²) in [6, 6.07) is 0. The van der Waals surface area contributed by atoms with Crippen LogP contribution in [0.15, 0.2) is 0 Å². The molecule has 0 aliphatic carbocycles. The Morgan fingerprint density at radius 2 is 2.57 bits per heavy atom. The fourth-order valence-electron chi connectivity index (χ4n) is 0.220. The number of amides is 1. The van der Waals surface area contributed by atoms with Crippen LogP contribution in [0.25, 0.3) is 0 Å². The quantitative estimate of drug-likeness (QED) is 0.480. The predicted octanol–water partition coefficient (Wildman–Crippen LogP) is -0.757. The van der Waals surface area contributed by atoms with Gasteiger partial charge >= 0.3 is 0 Å². The van der Waals surface area contributed by atoms with Crippen LogP contribution in [0.3, 0.4) is 0 Å². The minimum atomic E-state index is -0.150. The molecular weight excluding hydrogens is 92.1 g/mol. The second kappa shape index (κ2) is 3.61. The third kappa shape index (κ3) is 3.26. The first-order valence-corrected chi connectivity index (χ1v) is 2.08. The molecule has 0 aromatic rings. The Kier molecular flexibility index (Phi) is 3.32. The molecule has 0 bridgehead atoms. The van der Waals surface area contributed by atoms with E-state index in [-0.39, 0.29) is 12.5 Å². The molecule has 0 aromatic carbocycles. The van der Waals surface area contributed by atoms with E-state index in [0.29, 0.717) is 0 Å². The van der Waals surface area contributed by atoms with Crippen molar-refractivity contribution in [2.45, 2.75) is 6.92 Å². The van der Waals surface area contributed by atoms with Crippen LogP contribution >= 0.6 is 0 Å². The Labute approximate surface area is 42.9 Å². The lowest BCUT2D eigenvalue weighted by molar-refractivity contribution is -0.119. The van der Waals surface area contributed by atoms with Gasteiger partial charge < -0.3 is 11.1 Å². The summed E-state index contributed by atoms with van der Waals surface area (Å²) < 4.78 is 0. The van der Waals surface area contributed by atoms with Crippen LogP contribution in [0.2, 0.25) is 0 Å². The van der Waals surface area contributed by atoms with Crippen molar-refractivity contribution in [2.75, 3.05) is 6.54 Å². The predicted molar refractivity (Wildman–Crippen MR) is 27.2 cm³/mol. The Balaban J connectivity index is 3.00. The van der Waals surface area contributed by atoms with E-state index in [0.717, 1.165) is 0 Å². The van der Waals surface area contributed by atoms with E-state index in [4.69, 9.17) is 5.73 Å². The number of carbonyl (C=O) groups is 1. The van der Waals surface area contributed by atoms with Gasteiger partial charge in [0, 0.05) is 6.54 Å². The number of nitrogens with one attached hydrogen (secondary N) is 1. The maximum atomic E-state index is 10.1. The summed E-state index contributed by atoms with van der Waals surface area (Å²) >= 11 is 0. The van der Waals surface area contributed by atoms with Crippen molar-refractivity contribution >= 4 is 5.91 Å². The molecule has 1 radical (unpaired) electrons. The van der Waals surface area contributed by atoms with Crippen LogP contribution in [0.4, 0.5) is 0 Å². The molecule has 3 heteroatoms. The number of hydrogen-bond donors (Lipinski definition) is 2. The standard InChI is InChI=1S/C4H9N2O/c1-2-6-4(7)3-5/h2H,3,5H2,1H3,(H,6,7). The number of nitrogens with two attached hydrogens (primary N) is 1.